The second kappa shape index (κ2) is 9.58. The van der Waals surface area contributed by atoms with E-state index in [9.17, 15) is 14.0 Å². The highest BCUT2D eigenvalue weighted by atomic mass is 35.5. The van der Waals surface area contributed by atoms with E-state index in [0.29, 0.717) is 29.1 Å². The molecule has 2 amide bonds. The Hall–Kier alpha value is -3.45. The zero-order valence-electron chi connectivity index (χ0n) is 18.1. The number of nitrogens with two attached hydrogens (primary N) is 1. The number of hydrogen-bond donors (Lipinski definition) is 3. The van der Waals surface area contributed by atoms with Crippen LogP contribution in [0.25, 0.3) is 11.1 Å². The van der Waals surface area contributed by atoms with E-state index in [1.165, 1.54) is 12.1 Å². The average molecular weight is 467 g/mol. The number of nitrogens with zero attached hydrogens (tertiary/aromatic N) is 1. The van der Waals surface area contributed by atoms with Gasteiger partial charge in [-0.15, -0.1) is 0 Å². The van der Waals surface area contributed by atoms with E-state index < -0.39 is 11.7 Å². The van der Waals surface area contributed by atoms with Crippen molar-refractivity contribution >= 4 is 29.2 Å². The summed E-state index contributed by atoms with van der Waals surface area (Å²) in [5, 5.41) is 6.21. The number of rotatable bonds is 5. The van der Waals surface area contributed by atoms with Crippen LogP contribution < -0.4 is 16.4 Å². The molecular formula is C25H24ClFN4O2. The third-order valence-electron chi connectivity index (χ3n) is 5.90. The Bertz CT molecular complexity index is 1210. The Kier molecular flexibility index (Phi) is 6.60. The van der Waals surface area contributed by atoms with Gasteiger partial charge in [-0.05, 0) is 60.4 Å². The second-order valence-electron chi connectivity index (χ2n) is 8.19. The first-order valence-electron chi connectivity index (χ1n) is 10.7. The van der Waals surface area contributed by atoms with Crippen LogP contribution in [0.15, 0.2) is 54.7 Å². The number of carbonyl (C=O) groups is 2. The summed E-state index contributed by atoms with van der Waals surface area (Å²) in [6, 6.07) is 13.1. The Morgan fingerprint density at radius 3 is 2.79 bits per heavy atom. The zero-order valence-corrected chi connectivity index (χ0v) is 18.8. The van der Waals surface area contributed by atoms with E-state index >= 15 is 0 Å². The van der Waals surface area contributed by atoms with Crippen molar-refractivity contribution < 1.29 is 14.0 Å². The van der Waals surface area contributed by atoms with Gasteiger partial charge in [-0.2, -0.15) is 0 Å². The van der Waals surface area contributed by atoms with Gasteiger partial charge in [0, 0.05) is 35.7 Å². The summed E-state index contributed by atoms with van der Waals surface area (Å²) in [6.07, 6.45) is 2.86. The standard InChI is InChI=1S/C25H24ClFN4O2/c1-14(15-3-2-4-19(26)9-15)31-25(33)20-7-5-16(11-22(20)27)21-10-18(13-30-24(21)28)17-6-8-23(32)29-12-17/h2-5,7,9-11,13-14,17H,6,8,12H2,1H3,(H2,28,30)(H,29,32)(H,31,33). The Labute approximate surface area is 196 Å². The van der Waals surface area contributed by atoms with Gasteiger partial charge in [0.05, 0.1) is 11.6 Å². The first-order valence-corrected chi connectivity index (χ1v) is 11.1. The maximum absolute atomic E-state index is 14.9. The van der Waals surface area contributed by atoms with Crippen LogP contribution in [0.4, 0.5) is 10.2 Å². The van der Waals surface area contributed by atoms with E-state index in [2.05, 4.69) is 15.6 Å². The van der Waals surface area contributed by atoms with Gasteiger partial charge in [0.2, 0.25) is 5.91 Å². The number of amides is 2. The summed E-state index contributed by atoms with van der Waals surface area (Å²) < 4.78 is 14.9. The quantitative estimate of drug-likeness (QED) is 0.511. The topological polar surface area (TPSA) is 97.1 Å². The van der Waals surface area contributed by atoms with Gasteiger partial charge in [-0.3, -0.25) is 9.59 Å². The molecule has 4 rings (SSSR count). The first-order chi connectivity index (χ1) is 15.8. The van der Waals surface area contributed by atoms with Crippen molar-refractivity contribution in [1.29, 1.82) is 0 Å². The van der Waals surface area contributed by atoms with Crippen molar-refractivity contribution in [3.8, 4) is 11.1 Å². The number of piperidine rings is 1. The molecule has 1 saturated heterocycles. The van der Waals surface area contributed by atoms with Crippen LogP contribution in [-0.2, 0) is 4.79 Å². The fourth-order valence-corrected chi connectivity index (χ4v) is 4.16. The number of pyridine rings is 1. The predicted octanol–water partition coefficient (Wildman–Crippen LogP) is 4.61. The van der Waals surface area contributed by atoms with Crippen molar-refractivity contribution in [3.63, 3.8) is 0 Å². The average Bonchev–Trinajstić information content (AvgIpc) is 2.80. The maximum atomic E-state index is 14.9. The highest BCUT2D eigenvalue weighted by molar-refractivity contribution is 6.30. The van der Waals surface area contributed by atoms with Gasteiger partial charge in [0.15, 0.2) is 0 Å². The summed E-state index contributed by atoms with van der Waals surface area (Å²) >= 11 is 6.02. The lowest BCUT2D eigenvalue weighted by Crippen LogP contribution is -2.33. The monoisotopic (exact) mass is 466 g/mol. The van der Waals surface area contributed by atoms with E-state index in [0.717, 1.165) is 17.5 Å². The van der Waals surface area contributed by atoms with Crippen LogP contribution >= 0.6 is 11.6 Å². The highest BCUT2D eigenvalue weighted by Crippen LogP contribution is 2.31. The minimum Gasteiger partial charge on any atom is -0.383 e. The predicted molar refractivity (Wildman–Crippen MR) is 126 cm³/mol. The number of nitrogen functional groups attached to an aromatic ring is 1. The summed E-state index contributed by atoms with van der Waals surface area (Å²) in [6.45, 7) is 2.34. The largest absolute Gasteiger partial charge is 0.383 e. The molecule has 33 heavy (non-hydrogen) atoms. The number of aromatic nitrogens is 1. The number of benzene rings is 2. The molecule has 6 nitrogen and oxygen atoms in total. The Morgan fingerprint density at radius 1 is 1.27 bits per heavy atom. The normalized spacial score (nSPS) is 16.7. The molecule has 1 aliphatic heterocycles. The molecule has 4 N–H and O–H groups in total. The van der Waals surface area contributed by atoms with Crippen molar-refractivity contribution in [1.82, 2.24) is 15.6 Å². The Balaban J connectivity index is 1.54. The third-order valence-corrected chi connectivity index (χ3v) is 6.13. The number of anilines is 1. The highest BCUT2D eigenvalue weighted by Gasteiger charge is 2.22. The molecule has 170 valence electrons. The summed E-state index contributed by atoms with van der Waals surface area (Å²) in [5.41, 5.74) is 8.87. The van der Waals surface area contributed by atoms with Gasteiger partial charge in [0.1, 0.15) is 11.6 Å². The van der Waals surface area contributed by atoms with Crippen molar-refractivity contribution in [2.24, 2.45) is 0 Å². The molecule has 8 heteroatoms. The van der Waals surface area contributed by atoms with Crippen LogP contribution in [0.2, 0.25) is 5.02 Å². The molecule has 1 aromatic heterocycles. The van der Waals surface area contributed by atoms with Gasteiger partial charge in [0.25, 0.3) is 5.91 Å². The number of carbonyl (C=O) groups excluding carboxylic acids is 2. The van der Waals surface area contributed by atoms with E-state index in [1.54, 1.807) is 37.4 Å². The van der Waals surface area contributed by atoms with Crippen LogP contribution in [0, 0.1) is 5.82 Å². The summed E-state index contributed by atoms with van der Waals surface area (Å²) in [5.74, 6) is -0.750. The van der Waals surface area contributed by atoms with Crippen molar-refractivity contribution in [3.05, 3.63) is 82.3 Å². The second-order valence-corrected chi connectivity index (χ2v) is 8.62. The molecule has 0 saturated carbocycles. The van der Waals surface area contributed by atoms with E-state index in [4.69, 9.17) is 17.3 Å². The van der Waals surface area contributed by atoms with E-state index in [1.807, 2.05) is 12.1 Å². The van der Waals surface area contributed by atoms with Crippen LogP contribution in [0.1, 0.15) is 53.2 Å². The lowest BCUT2D eigenvalue weighted by molar-refractivity contribution is -0.122. The number of nitrogens with one attached hydrogen (secondary N) is 2. The molecule has 0 aliphatic carbocycles. The fraction of sp³-hybridized carbons (Fsp3) is 0.240. The zero-order chi connectivity index (χ0) is 23.5. The minimum absolute atomic E-state index is 0.0375. The molecule has 3 aromatic rings. The number of hydrogen-bond acceptors (Lipinski definition) is 4. The van der Waals surface area contributed by atoms with Crippen LogP contribution in [-0.4, -0.2) is 23.3 Å². The summed E-state index contributed by atoms with van der Waals surface area (Å²) in [7, 11) is 0. The van der Waals surface area contributed by atoms with Gasteiger partial charge in [-0.1, -0.05) is 29.8 Å². The molecule has 2 unspecified atom stereocenters. The smallest absolute Gasteiger partial charge is 0.254 e. The molecule has 1 aliphatic rings. The molecule has 2 aromatic carbocycles. The van der Waals surface area contributed by atoms with Gasteiger partial charge in [-0.25, -0.2) is 9.37 Å². The molecular weight excluding hydrogens is 443 g/mol. The third kappa shape index (κ3) is 5.14. The fourth-order valence-electron chi connectivity index (χ4n) is 3.96. The van der Waals surface area contributed by atoms with E-state index in [-0.39, 0.29) is 29.2 Å². The first kappa shape index (κ1) is 22.7. The lowest BCUT2D eigenvalue weighted by Gasteiger charge is -2.23. The molecule has 1 fully saturated rings. The van der Waals surface area contributed by atoms with Crippen molar-refractivity contribution in [2.45, 2.75) is 31.7 Å². The van der Waals surface area contributed by atoms with Gasteiger partial charge < -0.3 is 16.4 Å². The van der Waals surface area contributed by atoms with Crippen LogP contribution in [0.3, 0.4) is 0 Å². The number of halogens is 2. The lowest BCUT2D eigenvalue weighted by atomic mass is 9.90. The molecule has 0 spiro atoms. The van der Waals surface area contributed by atoms with Crippen molar-refractivity contribution in [2.75, 3.05) is 12.3 Å². The molecule has 2 atom stereocenters. The molecule has 2 heterocycles. The maximum Gasteiger partial charge on any atom is 0.254 e. The summed E-state index contributed by atoms with van der Waals surface area (Å²) in [4.78, 5) is 28.4. The Morgan fingerprint density at radius 2 is 2.09 bits per heavy atom. The van der Waals surface area contributed by atoms with Crippen LogP contribution in [0.5, 0.6) is 0 Å². The minimum atomic E-state index is -0.655. The SMILES string of the molecule is CC(NC(=O)c1ccc(-c2cc(C3CCC(=O)NC3)cnc2N)cc1F)c1cccc(Cl)c1. The molecule has 0 bridgehead atoms. The van der Waals surface area contributed by atoms with Gasteiger partial charge >= 0.3 is 0 Å². The molecule has 0 radical (unpaired) electrons.